The maximum atomic E-state index is 13.2. The van der Waals surface area contributed by atoms with E-state index in [0.29, 0.717) is 29.3 Å². The van der Waals surface area contributed by atoms with Gasteiger partial charge in [0.1, 0.15) is 5.39 Å². The molecule has 0 bridgehead atoms. The molecule has 168 valence electrons. The Kier molecular flexibility index (Phi) is 5.87. The van der Waals surface area contributed by atoms with Crippen molar-refractivity contribution < 1.29 is 4.79 Å². The number of thioether (sulfide) groups is 1. The topological polar surface area (TPSA) is 87.1 Å². The molecule has 2 aromatic carbocycles. The van der Waals surface area contributed by atoms with Crippen LogP contribution in [0.3, 0.4) is 0 Å². The fraction of sp³-hybridized carbons (Fsp3) is 0.250. The maximum Gasteiger partial charge on any atom is 0.269 e. The Labute approximate surface area is 195 Å². The zero-order valence-electron chi connectivity index (χ0n) is 18.3. The Bertz CT molecular complexity index is 1340. The van der Waals surface area contributed by atoms with Crippen molar-refractivity contribution in [2.75, 3.05) is 36.8 Å². The number of carbonyl (C=O) groups excluding carboxylic acids is 1. The van der Waals surface area contributed by atoms with Crippen LogP contribution in [0.1, 0.15) is 5.56 Å². The molecular weight excluding hydrogens is 436 g/mol. The molecule has 0 atom stereocenters. The lowest BCUT2D eigenvalue weighted by molar-refractivity contribution is -0.128. The zero-order chi connectivity index (χ0) is 22.8. The smallest absolute Gasteiger partial charge is 0.269 e. The second kappa shape index (κ2) is 9.11. The molecule has 3 heterocycles. The number of rotatable bonds is 5. The number of benzene rings is 2. The molecule has 0 aliphatic carbocycles. The normalized spacial score (nSPS) is 14.1. The molecule has 33 heavy (non-hydrogen) atoms. The lowest BCUT2D eigenvalue weighted by atomic mass is 10.2. The van der Waals surface area contributed by atoms with Crippen LogP contribution in [0.25, 0.3) is 16.7 Å². The molecular formula is C24H24N6O2S. The third kappa shape index (κ3) is 4.23. The summed E-state index contributed by atoms with van der Waals surface area (Å²) in [6.07, 6.45) is 1.49. The number of piperazine rings is 1. The highest BCUT2D eigenvalue weighted by Crippen LogP contribution is 2.23. The molecule has 1 aliphatic rings. The van der Waals surface area contributed by atoms with E-state index in [1.54, 1.807) is 4.57 Å². The number of aryl methyl sites for hydroxylation is 1. The Morgan fingerprint density at radius 1 is 1.03 bits per heavy atom. The van der Waals surface area contributed by atoms with Gasteiger partial charge in [0.25, 0.3) is 5.56 Å². The van der Waals surface area contributed by atoms with Crippen molar-refractivity contribution in [2.45, 2.75) is 12.1 Å². The lowest BCUT2D eigenvalue weighted by Crippen LogP contribution is -2.49. The van der Waals surface area contributed by atoms with E-state index in [-0.39, 0.29) is 17.2 Å². The molecule has 1 N–H and O–H groups in total. The second-order valence-corrected chi connectivity index (χ2v) is 8.89. The minimum Gasteiger partial charge on any atom is -0.368 e. The van der Waals surface area contributed by atoms with Crippen LogP contribution in [0.2, 0.25) is 0 Å². The predicted octanol–water partition coefficient (Wildman–Crippen LogP) is 2.86. The third-order valence-corrected chi connectivity index (χ3v) is 6.81. The summed E-state index contributed by atoms with van der Waals surface area (Å²) in [4.78, 5) is 35.0. The second-order valence-electron chi connectivity index (χ2n) is 7.95. The molecule has 0 radical (unpaired) electrons. The lowest BCUT2D eigenvalue weighted by Gasteiger charge is -2.36. The highest BCUT2D eigenvalue weighted by molar-refractivity contribution is 7.99. The van der Waals surface area contributed by atoms with E-state index in [0.717, 1.165) is 24.3 Å². The number of fused-ring (bicyclic) bond motifs is 1. The molecule has 1 fully saturated rings. The number of H-pyrrole nitrogens is 1. The molecule has 1 aliphatic heterocycles. The molecule has 1 saturated heterocycles. The fourth-order valence-corrected chi connectivity index (χ4v) is 4.97. The Morgan fingerprint density at radius 3 is 2.52 bits per heavy atom. The van der Waals surface area contributed by atoms with E-state index in [4.69, 9.17) is 0 Å². The van der Waals surface area contributed by atoms with Gasteiger partial charge in [-0.15, -0.1) is 0 Å². The summed E-state index contributed by atoms with van der Waals surface area (Å²) in [5, 5.41) is 7.64. The van der Waals surface area contributed by atoms with Crippen molar-refractivity contribution in [3.05, 3.63) is 76.7 Å². The van der Waals surface area contributed by atoms with Gasteiger partial charge in [-0.3, -0.25) is 19.3 Å². The predicted molar refractivity (Wildman–Crippen MR) is 130 cm³/mol. The van der Waals surface area contributed by atoms with Crippen LogP contribution in [0, 0.1) is 6.92 Å². The maximum absolute atomic E-state index is 13.2. The van der Waals surface area contributed by atoms with Crippen molar-refractivity contribution in [1.82, 2.24) is 24.6 Å². The fourth-order valence-electron chi connectivity index (χ4n) is 4.07. The van der Waals surface area contributed by atoms with Crippen LogP contribution in [0.15, 0.2) is 70.7 Å². The highest BCUT2D eigenvalue weighted by atomic mass is 32.2. The number of nitrogens with zero attached hydrogens (tertiary/aromatic N) is 5. The molecule has 5 rings (SSSR count). The molecule has 4 aromatic rings. The zero-order valence-corrected chi connectivity index (χ0v) is 19.1. The first kappa shape index (κ1) is 21.3. The number of hydrogen-bond acceptors (Lipinski definition) is 6. The Morgan fingerprint density at radius 2 is 1.76 bits per heavy atom. The van der Waals surface area contributed by atoms with E-state index in [2.05, 4.69) is 32.2 Å². The van der Waals surface area contributed by atoms with Crippen molar-refractivity contribution in [3.8, 4) is 5.69 Å². The van der Waals surface area contributed by atoms with Gasteiger partial charge in [0.2, 0.25) is 5.91 Å². The quantitative estimate of drug-likeness (QED) is 0.364. The molecule has 8 nitrogen and oxygen atoms in total. The highest BCUT2D eigenvalue weighted by Gasteiger charge is 2.23. The van der Waals surface area contributed by atoms with Crippen molar-refractivity contribution in [2.24, 2.45) is 0 Å². The van der Waals surface area contributed by atoms with Crippen LogP contribution >= 0.6 is 11.8 Å². The first-order valence-electron chi connectivity index (χ1n) is 10.8. The van der Waals surface area contributed by atoms with Crippen LogP contribution in [0.4, 0.5) is 5.69 Å². The van der Waals surface area contributed by atoms with Crippen LogP contribution in [0.5, 0.6) is 0 Å². The number of nitrogens with one attached hydrogen (secondary N) is 1. The Balaban J connectivity index is 1.34. The van der Waals surface area contributed by atoms with Gasteiger partial charge in [0.15, 0.2) is 10.8 Å². The van der Waals surface area contributed by atoms with Crippen molar-refractivity contribution in [3.63, 3.8) is 0 Å². The monoisotopic (exact) mass is 460 g/mol. The largest absolute Gasteiger partial charge is 0.368 e. The average Bonchev–Trinajstić information content (AvgIpc) is 3.33. The van der Waals surface area contributed by atoms with Crippen molar-refractivity contribution in [1.29, 1.82) is 0 Å². The van der Waals surface area contributed by atoms with E-state index in [9.17, 15) is 9.59 Å². The number of hydrogen-bond donors (Lipinski definition) is 1. The summed E-state index contributed by atoms with van der Waals surface area (Å²) < 4.78 is 1.58. The number of aromatic nitrogens is 4. The molecule has 0 saturated carbocycles. The van der Waals surface area contributed by atoms with Gasteiger partial charge in [0, 0.05) is 31.9 Å². The van der Waals surface area contributed by atoms with E-state index in [1.165, 1.54) is 23.6 Å². The average molecular weight is 461 g/mol. The first-order chi connectivity index (χ1) is 16.1. The third-order valence-electron chi connectivity index (χ3n) is 5.89. The van der Waals surface area contributed by atoms with Gasteiger partial charge in [-0.05, 0) is 30.7 Å². The Hall–Kier alpha value is -3.59. The summed E-state index contributed by atoms with van der Waals surface area (Å²) in [5.74, 6) is 0.256. The van der Waals surface area contributed by atoms with Gasteiger partial charge in [-0.2, -0.15) is 5.10 Å². The summed E-state index contributed by atoms with van der Waals surface area (Å²) in [7, 11) is 0. The number of anilines is 1. The minimum absolute atomic E-state index is 0.0444. The minimum atomic E-state index is -0.200. The van der Waals surface area contributed by atoms with E-state index >= 15 is 0 Å². The van der Waals surface area contributed by atoms with Crippen LogP contribution < -0.4 is 10.5 Å². The molecule has 2 aromatic heterocycles. The number of aromatic amines is 1. The number of para-hydroxylation sites is 2. The number of amides is 1. The van der Waals surface area contributed by atoms with Gasteiger partial charge < -0.3 is 9.80 Å². The molecule has 0 spiro atoms. The van der Waals surface area contributed by atoms with Crippen LogP contribution in [-0.4, -0.2) is 62.5 Å². The van der Waals surface area contributed by atoms with Gasteiger partial charge in [-0.1, -0.05) is 48.2 Å². The van der Waals surface area contributed by atoms with Crippen LogP contribution in [-0.2, 0) is 4.79 Å². The van der Waals surface area contributed by atoms with E-state index in [1.807, 2.05) is 54.3 Å². The SMILES string of the molecule is Cc1ccccc1-n1c(SCC(=O)N2CCN(c3ccccc3)CC2)nc2[nH]ncc2c1=O. The van der Waals surface area contributed by atoms with Gasteiger partial charge >= 0.3 is 0 Å². The number of carbonyl (C=O) groups is 1. The van der Waals surface area contributed by atoms with Gasteiger partial charge in [-0.25, -0.2) is 4.98 Å². The summed E-state index contributed by atoms with van der Waals surface area (Å²) in [6.45, 7) is 4.89. The summed E-state index contributed by atoms with van der Waals surface area (Å²) in [6, 6.07) is 17.9. The first-order valence-corrected chi connectivity index (χ1v) is 11.8. The van der Waals surface area contributed by atoms with E-state index < -0.39 is 0 Å². The van der Waals surface area contributed by atoms with Crippen molar-refractivity contribution >= 4 is 34.4 Å². The summed E-state index contributed by atoms with van der Waals surface area (Å²) in [5.41, 5.74) is 3.11. The van der Waals surface area contributed by atoms with Gasteiger partial charge in [0.05, 0.1) is 17.6 Å². The molecule has 0 unspecified atom stereocenters. The standard InChI is InChI=1S/C24H24N6O2S/c1-17-7-5-6-10-20(17)30-23(32)19-15-25-27-22(19)26-24(30)33-16-21(31)29-13-11-28(12-14-29)18-8-3-2-4-9-18/h2-10,15H,11-14,16H2,1H3,(H,25,27). The summed E-state index contributed by atoms with van der Waals surface area (Å²) >= 11 is 1.28. The molecule has 9 heteroatoms. The molecule has 1 amide bonds.